The highest BCUT2D eigenvalue weighted by atomic mass is 19.1. The van der Waals surface area contributed by atoms with Crippen molar-refractivity contribution in [3.8, 4) is 0 Å². The third-order valence-electron chi connectivity index (χ3n) is 6.76. The van der Waals surface area contributed by atoms with E-state index < -0.39 is 16.9 Å². The third-order valence-corrected chi connectivity index (χ3v) is 6.76. The lowest BCUT2D eigenvalue weighted by Crippen LogP contribution is -2.59. The summed E-state index contributed by atoms with van der Waals surface area (Å²) in [5.41, 5.74) is -0.471. The largest absolute Gasteiger partial charge is 0.348 e. The van der Waals surface area contributed by atoms with Crippen molar-refractivity contribution in [3.05, 3.63) is 71.3 Å². The van der Waals surface area contributed by atoms with E-state index in [1.165, 1.54) is 30.3 Å². The summed E-state index contributed by atoms with van der Waals surface area (Å²) < 4.78 is 27.0. The molecule has 0 bridgehead atoms. The van der Waals surface area contributed by atoms with Crippen LogP contribution in [0.15, 0.2) is 48.5 Å². The first-order valence-electron chi connectivity index (χ1n) is 11.5. The topological polar surface area (TPSA) is 78.5 Å². The molecule has 180 valence electrons. The molecular weight excluding hydrogens is 440 g/mol. The lowest BCUT2D eigenvalue weighted by atomic mass is 9.76. The molecule has 0 radical (unpaired) electrons. The van der Waals surface area contributed by atoms with E-state index in [0.717, 1.165) is 5.56 Å². The van der Waals surface area contributed by atoms with Gasteiger partial charge in [0.05, 0.1) is 12.0 Å². The number of nitrogens with one attached hydrogen (secondary N) is 2. The van der Waals surface area contributed by atoms with Crippen molar-refractivity contribution in [1.29, 1.82) is 0 Å². The lowest BCUT2D eigenvalue weighted by Gasteiger charge is -2.39. The number of carbonyl (C=O) groups excluding carboxylic acids is 3. The molecule has 2 fully saturated rings. The van der Waals surface area contributed by atoms with Gasteiger partial charge in [0.25, 0.3) is 0 Å². The van der Waals surface area contributed by atoms with Crippen LogP contribution >= 0.6 is 0 Å². The molecule has 0 saturated carbocycles. The molecule has 2 saturated heterocycles. The Balaban J connectivity index is 1.52. The van der Waals surface area contributed by atoms with Gasteiger partial charge in [0.15, 0.2) is 0 Å². The van der Waals surface area contributed by atoms with E-state index in [9.17, 15) is 23.2 Å². The van der Waals surface area contributed by atoms with Crippen molar-refractivity contribution in [2.24, 2.45) is 0 Å². The van der Waals surface area contributed by atoms with Crippen LogP contribution in [0.3, 0.4) is 0 Å². The highest BCUT2D eigenvalue weighted by Crippen LogP contribution is 2.42. The van der Waals surface area contributed by atoms with Crippen molar-refractivity contribution in [2.45, 2.75) is 56.5 Å². The van der Waals surface area contributed by atoms with Crippen LogP contribution in [0.5, 0.6) is 0 Å². The first-order chi connectivity index (χ1) is 16.1. The van der Waals surface area contributed by atoms with Crippen LogP contribution in [0.4, 0.5) is 8.78 Å². The Morgan fingerprint density at radius 1 is 1.15 bits per heavy atom. The molecule has 2 heterocycles. The maximum absolute atomic E-state index is 13.5. The zero-order valence-electron chi connectivity index (χ0n) is 19.4. The van der Waals surface area contributed by atoms with Gasteiger partial charge in [-0.3, -0.25) is 14.4 Å². The number of piperidine rings is 1. The van der Waals surface area contributed by atoms with Crippen molar-refractivity contribution in [3.63, 3.8) is 0 Å². The van der Waals surface area contributed by atoms with Gasteiger partial charge in [-0.1, -0.05) is 24.3 Å². The van der Waals surface area contributed by atoms with Crippen LogP contribution in [0, 0.1) is 11.6 Å². The van der Waals surface area contributed by atoms with Crippen molar-refractivity contribution >= 4 is 17.7 Å². The number of hydrogen-bond donors (Lipinski definition) is 2. The van der Waals surface area contributed by atoms with Gasteiger partial charge < -0.3 is 15.5 Å². The number of halogens is 2. The number of likely N-dealkylation sites (tertiary alicyclic amines) is 1. The number of hydrogen-bond acceptors (Lipinski definition) is 3. The zero-order valence-corrected chi connectivity index (χ0v) is 19.4. The lowest BCUT2D eigenvalue weighted by molar-refractivity contribution is -0.140. The quantitative estimate of drug-likeness (QED) is 0.707. The monoisotopic (exact) mass is 469 g/mol. The van der Waals surface area contributed by atoms with Crippen molar-refractivity contribution in [1.82, 2.24) is 15.5 Å². The highest BCUT2D eigenvalue weighted by molar-refractivity contribution is 5.92. The van der Waals surface area contributed by atoms with Crippen molar-refractivity contribution in [2.75, 3.05) is 13.1 Å². The molecule has 2 aliphatic rings. The van der Waals surface area contributed by atoms with Gasteiger partial charge in [0.1, 0.15) is 17.2 Å². The molecule has 0 aromatic heterocycles. The third kappa shape index (κ3) is 4.95. The van der Waals surface area contributed by atoms with Gasteiger partial charge >= 0.3 is 0 Å². The number of rotatable bonds is 5. The minimum absolute atomic E-state index is 0.0489. The smallest absolute Gasteiger partial charge is 0.247 e. The van der Waals surface area contributed by atoms with Crippen LogP contribution < -0.4 is 10.6 Å². The summed E-state index contributed by atoms with van der Waals surface area (Å²) in [4.78, 5) is 40.1. The van der Waals surface area contributed by atoms with Crippen molar-refractivity contribution < 1.29 is 23.2 Å². The Kier molecular flexibility index (Phi) is 6.43. The molecule has 2 atom stereocenters. The van der Waals surface area contributed by atoms with Crippen LogP contribution in [-0.4, -0.2) is 46.8 Å². The maximum Gasteiger partial charge on any atom is 0.247 e. The number of nitrogens with zero attached hydrogens (tertiary/aromatic N) is 1. The summed E-state index contributed by atoms with van der Waals surface area (Å²) in [6.07, 6.45) is 1.80. The molecule has 34 heavy (non-hydrogen) atoms. The van der Waals surface area contributed by atoms with Crippen LogP contribution in [0.25, 0.3) is 0 Å². The fourth-order valence-electron chi connectivity index (χ4n) is 5.21. The fraction of sp³-hybridized carbons (Fsp3) is 0.423. The molecule has 8 heteroatoms. The number of amides is 3. The Labute approximate surface area is 197 Å². The van der Waals surface area contributed by atoms with Gasteiger partial charge in [0.2, 0.25) is 17.7 Å². The zero-order chi connectivity index (χ0) is 24.5. The van der Waals surface area contributed by atoms with Gasteiger partial charge in [-0.25, -0.2) is 8.78 Å². The summed E-state index contributed by atoms with van der Waals surface area (Å²) in [5.74, 6) is -1.69. The van der Waals surface area contributed by atoms with E-state index >= 15 is 0 Å². The fourth-order valence-corrected chi connectivity index (χ4v) is 5.21. The van der Waals surface area contributed by atoms with E-state index in [1.54, 1.807) is 36.9 Å². The van der Waals surface area contributed by atoms with Gasteiger partial charge in [0, 0.05) is 25.4 Å². The van der Waals surface area contributed by atoms with E-state index in [1.807, 2.05) is 0 Å². The summed E-state index contributed by atoms with van der Waals surface area (Å²) >= 11 is 0. The summed E-state index contributed by atoms with van der Waals surface area (Å²) in [7, 11) is 0. The Morgan fingerprint density at radius 2 is 1.88 bits per heavy atom. The first-order valence-corrected chi connectivity index (χ1v) is 11.5. The molecule has 6 nitrogen and oxygen atoms in total. The molecule has 2 aliphatic heterocycles. The predicted octanol–water partition coefficient (Wildman–Crippen LogP) is 3.07. The van der Waals surface area contributed by atoms with E-state index in [2.05, 4.69) is 10.6 Å². The normalized spacial score (nSPS) is 22.5. The minimum Gasteiger partial charge on any atom is -0.348 e. The Hall–Kier alpha value is -3.29. The minimum atomic E-state index is -1.21. The second-order valence-corrected chi connectivity index (χ2v) is 9.83. The molecule has 0 unspecified atom stereocenters. The average Bonchev–Trinajstić information content (AvgIpc) is 3.11. The van der Waals surface area contributed by atoms with Gasteiger partial charge in [-0.2, -0.15) is 0 Å². The first kappa shape index (κ1) is 23.9. The Bertz CT molecular complexity index is 1100. The van der Waals surface area contributed by atoms with E-state index in [4.69, 9.17) is 0 Å². The molecule has 3 amide bonds. The second kappa shape index (κ2) is 9.16. The molecule has 2 aromatic carbocycles. The Morgan fingerprint density at radius 3 is 2.56 bits per heavy atom. The van der Waals surface area contributed by atoms with Crippen LogP contribution in [0.1, 0.15) is 50.2 Å². The maximum atomic E-state index is 13.5. The molecule has 2 aromatic rings. The van der Waals surface area contributed by atoms with Gasteiger partial charge in [-0.15, -0.1) is 0 Å². The van der Waals surface area contributed by atoms with Gasteiger partial charge in [-0.05, 0) is 62.1 Å². The molecule has 0 aliphatic carbocycles. The molecule has 1 spiro atoms. The molecule has 4 rings (SSSR count). The predicted molar refractivity (Wildman–Crippen MR) is 123 cm³/mol. The van der Waals surface area contributed by atoms with E-state index in [0.29, 0.717) is 37.9 Å². The highest BCUT2D eigenvalue weighted by Gasteiger charge is 2.52. The van der Waals surface area contributed by atoms with E-state index in [-0.39, 0.29) is 35.9 Å². The molecule has 2 N–H and O–H groups in total. The average molecular weight is 470 g/mol. The van der Waals surface area contributed by atoms with Crippen LogP contribution in [-0.2, 0) is 20.8 Å². The summed E-state index contributed by atoms with van der Waals surface area (Å²) in [6, 6.07) is 11.9. The molecular formula is C26H29F2N3O3. The second-order valence-electron chi connectivity index (χ2n) is 9.83. The SMILES string of the molecule is CC(C)(NC(=O)Cc1cccc(F)c1)C(=O)N1C[C@@H](c2ccc(F)cc2)[C@@]2(CCCC(=O)N2)C1. The van der Waals surface area contributed by atoms with Crippen LogP contribution in [0.2, 0.25) is 0 Å². The number of carbonyl (C=O) groups is 3. The summed E-state index contributed by atoms with van der Waals surface area (Å²) in [6.45, 7) is 3.92. The standard InChI is InChI=1S/C26H29F2N3O3/c1-25(2,29-23(33)14-17-5-3-6-20(28)13-17)24(34)31-15-21(18-8-10-19(27)11-9-18)26(16-31)12-4-7-22(32)30-26/h3,5-6,8-11,13,21H,4,7,12,14-16H2,1-2H3,(H,29,33)(H,30,32)/t21-,26+/m0/s1. The number of benzene rings is 2. The summed E-state index contributed by atoms with van der Waals surface area (Å²) in [5, 5.41) is 5.89.